The van der Waals surface area contributed by atoms with Crippen molar-refractivity contribution in [2.75, 3.05) is 6.54 Å². The molecule has 4 nitrogen and oxygen atoms in total. The monoisotopic (exact) mass is 326 g/mol. The molecule has 1 rings (SSSR count). The normalized spacial score (nSPS) is 13.8. The van der Waals surface area contributed by atoms with Gasteiger partial charge in [0.25, 0.3) is 0 Å². The highest BCUT2D eigenvalue weighted by Crippen LogP contribution is 2.25. The Balaban J connectivity index is 3.03. The Bertz CT molecular complexity index is 478. The van der Waals surface area contributed by atoms with Gasteiger partial charge >= 0.3 is 0 Å². The fraction of sp³-hybridized carbons (Fsp3) is 0.333. The highest BCUT2D eigenvalue weighted by atomic mass is 79.9. The second kappa shape index (κ2) is 5.46. The molecule has 0 saturated carbocycles. The first-order valence-electron chi connectivity index (χ1n) is 4.54. The van der Waals surface area contributed by atoms with Crippen molar-refractivity contribution in [1.82, 2.24) is 4.72 Å². The molecule has 0 amide bonds. The van der Waals surface area contributed by atoms with Crippen molar-refractivity contribution in [2.45, 2.75) is 17.9 Å². The Kier molecular flexibility index (Phi) is 4.75. The molecule has 1 unspecified atom stereocenters. The van der Waals surface area contributed by atoms with Crippen molar-refractivity contribution in [3.63, 3.8) is 0 Å². The Morgan fingerprint density at radius 1 is 1.56 bits per heavy atom. The third-order valence-corrected chi connectivity index (χ3v) is 4.71. The topological polar surface area (TPSA) is 72.2 Å². The Morgan fingerprint density at radius 3 is 2.69 bits per heavy atom. The van der Waals surface area contributed by atoms with Gasteiger partial charge in [-0.2, -0.15) is 0 Å². The largest absolute Gasteiger partial charge is 0.329 e. The second-order valence-corrected chi connectivity index (χ2v) is 6.31. The third-order valence-electron chi connectivity index (χ3n) is 1.91. The van der Waals surface area contributed by atoms with Crippen LogP contribution in [-0.4, -0.2) is 21.0 Å². The number of nitrogens with two attached hydrogens (primary N) is 1. The maximum absolute atomic E-state index is 11.8. The fourth-order valence-electron chi connectivity index (χ4n) is 1.03. The van der Waals surface area contributed by atoms with Crippen LogP contribution >= 0.6 is 27.5 Å². The summed E-state index contributed by atoms with van der Waals surface area (Å²) in [4.78, 5) is 0.157. The molecule has 7 heteroatoms. The highest BCUT2D eigenvalue weighted by Gasteiger charge is 2.17. The van der Waals surface area contributed by atoms with Crippen LogP contribution in [0.1, 0.15) is 6.92 Å². The minimum absolute atomic E-state index is 0.157. The molecule has 0 aromatic heterocycles. The molecule has 1 aromatic rings. The molecule has 0 radical (unpaired) electrons. The zero-order valence-corrected chi connectivity index (χ0v) is 11.7. The Labute approximate surface area is 108 Å². The average molecular weight is 328 g/mol. The van der Waals surface area contributed by atoms with E-state index in [4.69, 9.17) is 17.3 Å². The van der Waals surface area contributed by atoms with Crippen LogP contribution in [0.5, 0.6) is 0 Å². The lowest BCUT2D eigenvalue weighted by molar-refractivity contribution is 0.562. The summed E-state index contributed by atoms with van der Waals surface area (Å²) in [6.45, 7) is 1.94. The van der Waals surface area contributed by atoms with Gasteiger partial charge in [-0.1, -0.05) is 11.6 Å². The number of benzene rings is 1. The summed E-state index contributed by atoms with van der Waals surface area (Å²) in [7, 11) is -3.53. The van der Waals surface area contributed by atoms with Crippen molar-refractivity contribution in [3.8, 4) is 0 Å². The molecule has 0 heterocycles. The highest BCUT2D eigenvalue weighted by molar-refractivity contribution is 9.10. The summed E-state index contributed by atoms with van der Waals surface area (Å²) in [6.07, 6.45) is 0. The van der Waals surface area contributed by atoms with Gasteiger partial charge in [-0.15, -0.1) is 0 Å². The molecule has 16 heavy (non-hydrogen) atoms. The number of sulfonamides is 1. The molecule has 0 fully saturated rings. The van der Waals surface area contributed by atoms with Gasteiger partial charge in [-0.25, -0.2) is 13.1 Å². The SMILES string of the molecule is CC(CN)NS(=O)(=O)c1ccc(Cl)c(Br)c1. The lowest BCUT2D eigenvalue weighted by atomic mass is 10.4. The number of nitrogens with one attached hydrogen (secondary N) is 1. The van der Waals surface area contributed by atoms with Crippen LogP contribution in [0.15, 0.2) is 27.6 Å². The molecule has 1 aromatic carbocycles. The molecular weight excluding hydrogens is 316 g/mol. The van der Waals surface area contributed by atoms with E-state index in [2.05, 4.69) is 20.7 Å². The van der Waals surface area contributed by atoms with E-state index >= 15 is 0 Å². The first kappa shape index (κ1) is 13.9. The van der Waals surface area contributed by atoms with Crippen molar-refractivity contribution in [1.29, 1.82) is 0 Å². The number of rotatable bonds is 4. The lowest BCUT2D eigenvalue weighted by Gasteiger charge is -2.12. The summed E-state index contributed by atoms with van der Waals surface area (Å²) >= 11 is 8.95. The van der Waals surface area contributed by atoms with Gasteiger partial charge in [-0.3, -0.25) is 0 Å². The van der Waals surface area contributed by atoms with E-state index in [0.717, 1.165) is 0 Å². The van der Waals surface area contributed by atoms with Crippen molar-refractivity contribution >= 4 is 37.6 Å². The van der Waals surface area contributed by atoms with Gasteiger partial charge in [0.2, 0.25) is 10.0 Å². The number of halogens is 2. The Morgan fingerprint density at radius 2 is 2.19 bits per heavy atom. The lowest BCUT2D eigenvalue weighted by Crippen LogP contribution is -2.37. The van der Waals surface area contributed by atoms with E-state index < -0.39 is 10.0 Å². The van der Waals surface area contributed by atoms with Gasteiger partial charge in [0, 0.05) is 17.1 Å². The van der Waals surface area contributed by atoms with Crippen LogP contribution in [0.3, 0.4) is 0 Å². The zero-order valence-electron chi connectivity index (χ0n) is 8.57. The molecule has 0 aliphatic heterocycles. The fourth-order valence-corrected chi connectivity index (χ4v) is 2.96. The average Bonchev–Trinajstić information content (AvgIpc) is 2.21. The van der Waals surface area contributed by atoms with E-state index in [1.807, 2.05) is 0 Å². The standard InChI is InChI=1S/C9H12BrClN2O2S/c1-6(5-12)13-16(14,15)7-2-3-9(11)8(10)4-7/h2-4,6,13H,5,12H2,1H3. The van der Waals surface area contributed by atoms with E-state index in [9.17, 15) is 8.42 Å². The summed E-state index contributed by atoms with van der Waals surface area (Å²) in [5.74, 6) is 0. The first-order valence-corrected chi connectivity index (χ1v) is 7.19. The van der Waals surface area contributed by atoms with Crippen LogP contribution in [0.2, 0.25) is 5.02 Å². The third kappa shape index (κ3) is 3.43. The predicted molar refractivity (Wildman–Crippen MR) is 68.0 cm³/mol. The summed E-state index contributed by atoms with van der Waals surface area (Å²) in [5, 5.41) is 0.464. The van der Waals surface area contributed by atoms with Crippen LogP contribution in [0.4, 0.5) is 0 Å². The quantitative estimate of drug-likeness (QED) is 0.884. The van der Waals surface area contributed by atoms with Gasteiger partial charge in [-0.05, 0) is 41.1 Å². The maximum atomic E-state index is 11.8. The molecule has 0 saturated heterocycles. The molecular formula is C9H12BrClN2O2S. The Hall–Kier alpha value is -0.140. The van der Waals surface area contributed by atoms with Gasteiger partial charge in [0.05, 0.1) is 9.92 Å². The van der Waals surface area contributed by atoms with Gasteiger partial charge in [0.15, 0.2) is 0 Å². The summed E-state index contributed by atoms with van der Waals surface area (Å²) in [5.41, 5.74) is 5.35. The molecule has 1 atom stereocenters. The van der Waals surface area contributed by atoms with Gasteiger partial charge < -0.3 is 5.73 Å². The van der Waals surface area contributed by atoms with Crippen LogP contribution in [0, 0.1) is 0 Å². The van der Waals surface area contributed by atoms with E-state index in [-0.39, 0.29) is 17.5 Å². The van der Waals surface area contributed by atoms with Crippen molar-refractivity contribution in [3.05, 3.63) is 27.7 Å². The minimum Gasteiger partial charge on any atom is -0.329 e. The van der Waals surface area contributed by atoms with Crippen LogP contribution in [-0.2, 0) is 10.0 Å². The van der Waals surface area contributed by atoms with Crippen molar-refractivity contribution in [2.24, 2.45) is 5.73 Å². The molecule has 0 aliphatic carbocycles. The van der Waals surface area contributed by atoms with E-state index in [1.165, 1.54) is 18.2 Å². The van der Waals surface area contributed by atoms with Crippen LogP contribution in [0.25, 0.3) is 0 Å². The summed E-state index contributed by atoms with van der Waals surface area (Å²) in [6, 6.07) is 4.11. The van der Waals surface area contributed by atoms with Crippen LogP contribution < -0.4 is 10.5 Å². The summed E-state index contributed by atoms with van der Waals surface area (Å²) < 4.78 is 26.7. The second-order valence-electron chi connectivity index (χ2n) is 3.33. The molecule has 0 spiro atoms. The van der Waals surface area contributed by atoms with Crippen molar-refractivity contribution < 1.29 is 8.42 Å². The predicted octanol–water partition coefficient (Wildman–Crippen LogP) is 1.73. The first-order chi connectivity index (χ1) is 7.36. The number of hydrogen-bond acceptors (Lipinski definition) is 3. The molecule has 90 valence electrons. The van der Waals surface area contributed by atoms with E-state index in [0.29, 0.717) is 9.50 Å². The van der Waals surface area contributed by atoms with Gasteiger partial charge in [0.1, 0.15) is 0 Å². The maximum Gasteiger partial charge on any atom is 0.240 e. The number of hydrogen-bond donors (Lipinski definition) is 2. The minimum atomic E-state index is -3.53. The zero-order chi connectivity index (χ0) is 12.3. The smallest absolute Gasteiger partial charge is 0.240 e. The molecule has 0 bridgehead atoms. The molecule has 0 aliphatic rings. The molecule has 3 N–H and O–H groups in total. The van der Waals surface area contributed by atoms with E-state index in [1.54, 1.807) is 6.92 Å².